The number of methoxy groups -OCH3 is 1. The summed E-state index contributed by atoms with van der Waals surface area (Å²) in [5.41, 5.74) is 1.45. The molecule has 0 aliphatic rings. The molecule has 4 nitrogen and oxygen atoms in total. The van der Waals surface area contributed by atoms with E-state index >= 15 is 0 Å². The molecule has 0 aliphatic carbocycles. The fraction of sp³-hybridized carbons (Fsp3) is 0.0833. The standard InChI is InChI=1S/C12H9ClN2O2/c1-17-12(16)11-14-9(7-10(13)15-11)8-5-3-2-4-6-8/h2-7H,1H3. The summed E-state index contributed by atoms with van der Waals surface area (Å²) in [4.78, 5) is 19.3. The highest BCUT2D eigenvalue weighted by molar-refractivity contribution is 6.29. The summed E-state index contributed by atoms with van der Waals surface area (Å²) < 4.78 is 4.56. The first-order valence-electron chi connectivity index (χ1n) is 4.89. The van der Waals surface area contributed by atoms with Crippen LogP contribution in [0.25, 0.3) is 11.3 Å². The SMILES string of the molecule is COC(=O)c1nc(Cl)cc(-c2ccccc2)n1. The third-order valence-corrected chi connectivity index (χ3v) is 2.33. The Kier molecular flexibility index (Phi) is 3.35. The van der Waals surface area contributed by atoms with Crippen molar-refractivity contribution in [2.24, 2.45) is 0 Å². The summed E-state index contributed by atoms with van der Waals surface area (Å²) in [6, 6.07) is 11.0. The number of carbonyl (C=O) groups is 1. The second-order valence-electron chi connectivity index (χ2n) is 3.26. The molecule has 5 heteroatoms. The van der Waals surface area contributed by atoms with Crippen LogP contribution < -0.4 is 0 Å². The highest BCUT2D eigenvalue weighted by Crippen LogP contribution is 2.19. The Morgan fingerprint density at radius 3 is 2.59 bits per heavy atom. The minimum Gasteiger partial charge on any atom is -0.463 e. The first-order valence-corrected chi connectivity index (χ1v) is 5.27. The maximum atomic E-state index is 11.3. The lowest BCUT2D eigenvalue weighted by atomic mass is 10.1. The smallest absolute Gasteiger partial charge is 0.376 e. The number of hydrogen-bond acceptors (Lipinski definition) is 4. The van der Waals surface area contributed by atoms with Crippen LogP contribution in [0.15, 0.2) is 36.4 Å². The lowest BCUT2D eigenvalue weighted by Crippen LogP contribution is -2.08. The van der Waals surface area contributed by atoms with Gasteiger partial charge in [0.1, 0.15) is 5.15 Å². The molecule has 1 aromatic heterocycles. The topological polar surface area (TPSA) is 52.1 Å². The molecular weight excluding hydrogens is 240 g/mol. The van der Waals surface area contributed by atoms with Crippen molar-refractivity contribution in [2.75, 3.05) is 7.11 Å². The average Bonchev–Trinajstić information content (AvgIpc) is 2.38. The van der Waals surface area contributed by atoms with Crippen LogP contribution in [0.3, 0.4) is 0 Å². The summed E-state index contributed by atoms with van der Waals surface area (Å²) >= 11 is 5.84. The van der Waals surface area contributed by atoms with Crippen LogP contribution >= 0.6 is 11.6 Å². The molecule has 0 radical (unpaired) electrons. The van der Waals surface area contributed by atoms with E-state index in [-0.39, 0.29) is 11.0 Å². The average molecular weight is 249 g/mol. The number of rotatable bonds is 2. The van der Waals surface area contributed by atoms with Crippen molar-refractivity contribution >= 4 is 17.6 Å². The van der Waals surface area contributed by atoms with E-state index in [2.05, 4.69) is 14.7 Å². The molecule has 0 bridgehead atoms. The molecule has 0 atom stereocenters. The molecule has 0 aliphatic heterocycles. The first kappa shape index (κ1) is 11.5. The Balaban J connectivity index is 2.49. The monoisotopic (exact) mass is 248 g/mol. The maximum Gasteiger partial charge on any atom is 0.376 e. The van der Waals surface area contributed by atoms with E-state index in [4.69, 9.17) is 11.6 Å². The van der Waals surface area contributed by atoms with E-state index in [1.165, 1.54) is 7.11 Å². The summed E-state index contributed by atoms with van der Waals surface area (Å²) in [5, 5.41) is 0.208. The Labute approximate surface area is 103 Å². The number of aromatic nitrogens is 2. The van der Waals surface area contributed by atoms with Gasteiger partial charge in [-0.05, 0) is 0 Å². The van der Waals surface area contributed by atoms with Crippen LogP contribution in [0, 0.1) is 0 Å². The molecule has 0 saturated carbocycles. The number of ether oxygens (including phenoxy) is 1. The third-order valence-electron chi connectivity index (χ3n) is 2.13. The van der Waals surface area contributed by atoms with Crippen molar-refractivity contribution < 1.29 is 9.53 Å². The van der Waals surface area contributed by atoms with Gasteiger partial charge in [-0.2, -0.15) is 0 Å². The summed E-state index contributed by atoms with van der Waals surface area (Å²) in [6.07, 6.45) is 0. The van der Waals surface area contributed by atoms with Gasteiger partial charge < -0.3 is 4.74 Å². The van der Waals surface area contributed by atoms with Crippen molar-refractivity contribution in [3.8, 4) is 11.3 Å². The first-order chi connectivity index (χ1) is 8.20. The predicted molar refractivity (Wildman–Crippen MR) is 63.8 cm³/mol. The van der Waals surface area contributed by atoms with Gasteiger partial charge in [-0.25, -0.2) is 14.8 Å². The van der Waals surface area contributed by atoms with Gasteiger partial charge in [0.05, 0.1) is 12.8 Å². The Morgan fingerprint density at radius 2 is 1.94 bits per heavy atom. The molecule has 0 spiro atoms. The summed E-state index contributed by atoms with van der Waals surface area (Å²) in [7, 11) is 1.27. The van der Waals surface area contributed by atoms with Crippen LogP contribution in [0.5, 0.6) is 0 Å². The fourth-order valence-corrected chi connectivity index (χ4v) is 1.54. The number of carbonyl (C=O) groups excluding carboxylic acids is 1. The lowest BCUT2D eigenvalue weighted by molar-refractivity contribution is 0.0587. The van der Waals surface area contributed by atoms with Crippen LogP contribution in [0.1, 0.15) is 10.6 Å². The molecule has 2 aromatic rings. The molecule has 2 rings (SSSR count). The molecule has 17 heavy (non-hydrogen) atoms. The van der Waals surface area contributed by atoms with Crippen LogP contribution in [-0.2, 0) is 4.74 Å². The van der Waals surface area contributed by atoms with E-state index in [0.717, 1.165) is 5.56 Å². The summed E-state index contributed by atoms with van der Waals surface area (Å²) in [6.45, 7) is 0. The maximum absolute atomic E-state index is 11.3. The molecule has 1 heterocycles. The van der Waals surface area contributed by atoms with E-state index in [9.17, 15) is 4.79 Å². The number of benzene rings is 1. The van der Waals surface area contributed by atoms with Crippen LogP contribution in [-0.4, -0.2) is 23.0 Å². The quantitative estimate of drug-likeness (QED) is 0.606. The van der Waals surface area contributed by atoms with Gasteiger partial charge in [-0.3, -0.25) is 0 Å². The molecule has 0 saturated heterocycles. The second kappa shape index (κ2) is 4.93. The van der Waals surface area contributed by atoms with Gasteiger partial charge in [0.2, 0.25) is 5.82 Å². The zero-order valence-electron chi connectivity index (χ0n) is 9.05. The number of halogens is 1. The Morgan fingerprint density at radius 1 is 1.24 bits per heavy atom. The van der Waals surface area contributed by atoms with Gasteiger partial charge >= 0.3 is 5.97 Å². The normalized spacial score (nSPS) is 10.0. The minimum atomic E-state index is -0.607. The van der Waals surface area contributed by atoms with Gasteiger partial charge in [-0.1, -0.05) is 41.9 Å². The van der Waals surface area contributed by atoms with Crippen molar-refractivity contribution in [1.82, 2.24) is 9.97 Å². The number of hydrogen-bond donors (Lipinski definition) is 0. The van der Waals surface area contributed by atoms with Gasteiger partial charge in [0, 0.05) is 11.6 Å². The van der Waals surface area contributed by atoms with Crippen LogP contribution in [0.4, 0.5) is 0 Å². The molecule has 0 N–H and O–H groups in total. The van der Waals surface area contributed by atoms with E-state index in [1.807, 2.05) is 30.3 Å². The molecule has 0 amide bonds. The molecule has 0 fully saturated rings. The van der Waals surface area contributed by atoms with Crippen LogP contribution in [0.2, 0.25) is 5.15 Å². The predicted octanol–water partition coefficient (Wildman–Crippen LogP) is 2.58. The fourth-order valence-electron chi connectivity index (χ4n) is 1.36. The van der Waals surface area contributed by atoms with Crippen molar-refractivity contribution in [3.05, 3.63) is 47.4 Å². The molecule has 86 valence electrons. The zero-order valence-corrected chi connectivity index (χ0v) is 9.81. The van der Waals surface area contributed by atoms with E-state index in [0.29, 0.717) is 5.69 Å². The van der Waals surface area contributed by atoms with E-state index < -0.39 is 5.97 Å². The van der Waals surface area contributed by atoms with Gasteiger partial charge in [-0.15, -0.1) is 0 Å². The summed E-state index contributed by atoms with van der Waals surface area (Å²) in [5.74, 6) is -0.650. The lowest BCUT2D eigenvalue weighted by Gasteiger charge is -2.03. The second-order valence-corrected chi connectivity index (χ2v) is 3.64. The minimum absolute atomic E-state index is 0.0427. The van der Waals surface area contributed by atoms with Crippen molar-refractivity contribution in [3.63, 3.8) is 0 Å². The van der Waals surface area contributed by atoms with Gasteiger partial charge in [0.15, 0.2) is 0 Å². The third kappa shape index (κ3) is 2.60. The number of nitrogens with zero attached hydrogens (tertiary/aromatic N) is 2. The van der Waals surface area contributed by atoms with Gasteiger partial charge in [0.25, 0.3) is 0 Å². The van der Waals surface area contributed by atoms with Crippen molar-refractivity contribution in [1.29, 1.82) is 0 Å². The zero-order chi connectivity index (χ0) is 12.3. The molecular formula is C12H9ClN2O2. The highest BCUT2D eigenvalue weighted by atomic mass is 35.5. The van der Waals surface area contributed by atoms with Crippen molar-refractivity contribution in [2.45, 2.75) is 0 Å². The molecule has 0 unspecified atom stereocenters. The Hall–Kier alpha value is -1.94. The largest absolute Gasteiger partial charge is 0.463 e. The molecule has 1 aromatic carbocycles. The highest BCUT2D eigenvalue weighted by Gasteiger charge is 2.12. The number of esters is 1. The van der Waals surface area contributed by atoms with E-state index in [1.54, 1.807) is 6.07 Å². The Bertz CT molecular complexity index is 543.